The summed E-state index contributed by atoms with van der Waals surface area (Å²) >= 11 is 0. The summed E-state index contributed by atoms with van der Waals surface area (Å²) < 4.78 is 0. The number of pyridine rings is 1. The molecule has 5 rings (SSSR count). The summed E-state index contributed by atoms with van der Waals surface area (Å²) in [5.41, 5.74) is 8.02. The monoisotopic (exact) mass is 479 g/mol. The van der Waals surface area contributed by atoms with E-state index >= 15 is 0 Å². The number of benzene rings is 3. The van der Waals surface area contributed by atoms with Gasteiger partial charge in [-0.2, -0.15) is 10.2 Å². The smallest absolute Gasteiger partial charge is 0.255 e. The highest BCUT2D eigenvalue weighted by Crippen LogP contribution is 2.33. The van der Waals surface area contributed by atoms with E-state index in [0.717, 1.165) is 16.5 Å². The number of likely N-dealkylation sites (tertiary alicyclic amines) is 1. The van der Waals surface area contributed by atoms with Gasteiger partial charge < -0.3 is 10.0 Å². The van der Waals surface area contributed by atoms with Crippen LogP contribution in [0.25, 0.3) is 10.9 Å². The largest absolute Gasteiger partial charge is 0.385 e. The summed E-state index contributed by atoms with van der Waals surface area (Å²) in [4.78, 5) is 24.7. The highest BCUT2D eigenvalue weighted by atomic mass is 16.8. The molecule has 0 radical (unpaired) electrons. The maximum atomic E-state index is 13.2. The molecule has 1 aromatic heterocycles. The standard InChI is InChI=1S/C28H25N5O3/c29-19-21-18-23(31-36-32-25-10-4-6-20-7-5-15-30-26(20)25)11-12-24(21)27(34)33-16-13-28(35,14-17-33)22-8-2-1-3-9-22/h1-12,15,18,31-32,35H,13-14,16-17H2. The number of para-hydroxylation sites is 1. The van der Waals surface area contributed by atoms with E-state index in [9.17, 15) is 15.2 Å². The van der Waals surface area contributed by atoms with E-state index in [1.165, 1.54) is 0 Å². The third-order valence-electron chi connectivity index (χ3n) is 6.52. The van der Waals surface area contributed by atoms with Gasteiger partial charge in [0.05, 0.1) is 33.6 Å². The van der Waals surface area contributed by atoms with Crippen molar-refractivity contribution in [3.63, 3.8) is 0 Å². The molecule has 180 valence electrons. The number of rotatable bonds is 6. The maximum absolute atomic E-state index is 13.2. The Morgan fingerprint density at radius 1 is 1.00 bits per heavy atom. The zero-order valence-corrected chi connectivity index (χ0v) is 19.5. The predicted molar refractivity (Wildman–Crippen MR) is 137 cm³/mol. The predicted octanol–water partition coefficient (Wildman–Crippen LogP) is 4.60. The average molecular weight is 480 g/mol. The van der Waals surface area contributed by atoms with Crippen molar-refractivity contribution in [3.05, 3.63) is 102 Å². The topological polar surface area (TPSA) is 111 Å². The molecule has 0 bridgehead atoms. The second-order valence-corrected chi connectivity index (χ2v) is 8.75. The Balaban J connectivity index is 1.23. The SMILES string of the molecule is N#Cc1cc(NONc2cccc3cccnc23)ccc1C(=O)N1CCC(O)(c2ccccc2)CC1. The number of carbonyl (C=O) groups excluding carboxylic acids is 1. The molecular formula is C28H25N5O3. The van der Waals surface area contributed by atoms with E-state index < -0.39 is 5.60 Å². The van der Waals surface area contributed by atoms with Crippen LogP contribution >= 0.6 is 0 Å². The van der Waals surface area contributed by atoms with Crippen molar-refractivity contribution in [2.75, 3.05) is 24.0 Å². The minimum Gasteiger partial charge on any atom is -0.385 e. The van der Waals surface area contributed by atoms with Crippen LogP contribution in [0.3, 0.4) is 0 Å². The number of aliphatic hydroxyl groups is 1. The van der Waals surface area contributed by atoms with Crippen LogP contribution in [0.15, 0.2) is 85.1 Å². The molecule has 36 heavy (non-hydrogen) atoms. The molecule has 0 atom stereocenters. The number of anilines is 2. The zero-order chi connectivity index (χ0) is 25.0. The maximum Gasteiger partial charge on any atom is 0.255 e. The van der Waals surface area contributed by atoms with Crippen molar-refractivity contribution in [2.24, 2.45) is 0 Å². The van der Waals surface area contributed by atoms with Crippen LogP contribution in [0.2, 0.25) is 0 Å². The van der Waals surface area contributed by atoms with Gasteiger partial charge in [0, 0.05) is 24.7 Å². The van der Waals surface area contributed by atoms with Gasteiger partial charge in [-0.3, -0.25) is 9.78 Å². The molecule has 8 heteroatoms. The van der Waals surface area contributed by atoms with Crippen LogP contribution in [-0.2, 0) is 10.5 Å². The van der Waals surface area contributed by atoms with Gasteiger partial charge in [0.25, 0.3) is 5.91 Å². The Morgan fingerprint density at radius 3 is 2.56 bits per heavy atom. The molecule has 3 aromatic carbocycles. The number of carbonyl (C=O) groups is 1. The van der Waals surface area contributed by atoms with Crippen molar-refractivity contribution in [2.45, 2.75) is 18.4 Å². The van der Waals surface area contributed by atoms with Crippen molar-refractivity contribution in [1.82, 2.24) is 9.88 Å². The Bertz CT molecular complexity index is 1420. The van der Waals surface area contributed by atoms with E-state index in [2.05, 4.69) is 22.0 Å². The number of nitriles is 1. The van der Waals surface area contributed by atoms with Crippen LogP contribution in [0.4, 0.5) is 11.4 Å². The van der Waals surface area contributed by atoms with Gasteiger partial charge in [-0.25, -0.2) is 11.0 Å². The fourth-order valence-corrected chi connectivity index (χ4v) is 4.50. The fraction of sp³-hybridized carbons (Fsp3) is 0.179. The zero-order valence-electron chi connectivity index (χ0n) is 19.5. The highest BCUT2D eigenvalue weighted by molar-refractivity contribution is 5.97. The Hall–Kier alpha value is -4.45. The minimum absolute atomic E-state index is 0.228. The molecule has 0 unspecified atom stereocenters. The molecule has 1 aliphatic rings. The summed E-state index contributed by atoms with van der Waals surface area (Å²) in [6.07, 6.45) is 2.58. The lowest BCUT2D eigenvalue weighted by atomic mass is 9.84. The van der Waals surface area contributed by atoms with Crippen LogP contribution in [-0.4, -0.2) is 34.0 Å². The number of amides is 1. The number of nitrogens with zero attached hydrogens (tertiary/aromatic N) is 3. The number of hydrogen-bond acceptors (Lipinski definition) is 7. The van der Waals surface area contributed by atoms with Crippen LogP contribution in [0.1, 0.15) is 34.3 Å². The molecule has 2 heterocycles. The van der Waals surface area contributed by atoms with E-state index in [1.807, 2.05) is 60.7 Å². The summed E-state index contributed by atoms with van der Waals surface area (Å²) in [7, 11) is 0. The first-order valence-corrected chi connectivity index (χ1v) is 11.7. The van der Waals surface area contributed by atoms with E-state index in [-0.39, 0.29) is 11.5 Å². The summed E-state index contributed by atoms with van der Waals surface area (Å²) in [5, 5.41) is 21.7. The van der Waals surface area contributed by atoms with Gasteiger partial charge in [0.15, 0.2) is 0 Å². The second kappa shape index (κ2) is 10.0. The van der Waals surface area contributed by atoms with Crippen molar-refractivity contribution in [3.8, 4) is 6.07 Å². The molecule has 1 saturated heterocycles. The second-order valence-electron chi connectivity index (χ2n) is 8.75. The lowest BCUT2D eigenvalue weighted by molar-refractivity contribution is -0.0211. The van der Waals surface area contributed by atoms with Gasteiger partial charge in [0.2, 0.25) is 0 Å². The lowest BCUT2D eigenvalue weighted by Crippen LogP contribution is -2.45. The fourth-order valence-electron chi connectivity index (χ4n) is 4.50. The number of piperidine rings is 1. The quantitative estimate of drug-likeness (QED) is 0.347. The molecular weight excluding hydrogens is 454 g/mol. The van der Waals surface area contributed by atoms with Crippen LogP contribution in [0, 0.1) is 11.3 Å². The van der Waals surface area contributed by atoms with Gasteiger partial charge in [-0.05, 0) is 48.7 Å². The molecule has 1 aliphatic heterocycles. The van der Waals surface area contributed by atoms with Gasteiger partial charge in [-0.1, -0.05) is 48.5 Å². The molecule has 3 N–H and O–H groups in total. The normalized spacial score (nSPS) is 14.7. The molecule has 8 nitrogen and oxygen atoms in total. The van der Waals surface area contributed by atoms with E-state index in [1.54, 1.807) is 29.3 Å². The number of fused-ring (bicyclic) bond motifs is 1. The third kappa shape index (κ3) is 4.70. The molecule has 4 aromatic rings. The molecule has 0 spiro atoms. The number of nitrogens with one attached hydrogen (secondary N) is 2. The third-order valence-corrected chi connectivity index (χ3v) is 6.52. The number of hydrogen-bond donors (Lipinski definition) is 3. The summed E-state index contributed by atoms with van der Waals surface area (Å²) in [6.45, 7) is 0.808. The summed E-state index contributed by atoms with van der Waals surface area (Å²) in [5.74, 6) is -0.228. The van der Waals surface area contributed by atoms with Crippen molar-refractivity contribution >= 4 is 28.2 Å². The van der Waals surface area contributed by atoms with Gasteiger partial charge in [-0.15, -0.1) is 0 Å². The van der Waals surface area contributed by atoms with E-state index in [0.29, 0.717) is 42.9 Å². The first-order chi connectivity index (χ1) is 17.6. The van der Waals surface area contributed by atoms with Crippen LogP contribution in [0.5, 0.6) is 0 Å². The Morgan fingerprint density at radius 2 is 1.78 bits per heavy atom. The molecule has 1 amide bonds. The first kappa shape index (κ1) is 23.3. The van der Waals surface area contributed by atoms with Crippen molar-refractivity contribution in [1.29, 1.82) is 5.26 Å². The minimum atomic E-state index is -0.951. The molecule has 0 saturated carbocycles. The van der Waals surface area contributed by atoms with Crippen LogP contribution < -0.4 is 11.0 Å². The Kier molecular flexibility index (Phi) is 6.50. The van der Waals surface area contributed by atoms with E-state index in [4.69, 9.17) is 4.94 Å². The van der Waals surface area contributed by atoms with Crippen molar-refractivity contribution < 1.29 is 14.8 Å². The molecule has 1 fully saturated rings. The summed E-state index contributed by atoms with van der Waals surface area (Å²) in [6, 6.07) is 26.0. The lowest BCUT2D eigenvalue weighted by Gasteiger charge is -2.38. The molecule has 0 aliphatic carbocycles. The Labute approximate surface area is 208 Å². The highest BCUT2D eigenvalue weighted by Gasteiger charge is 2.35. The van der Waals surface area contributed by atoms with Gasteiger partial charge in [0.1, 0.15) is 6.07 Å². The number of aromatic nitrogens is 1. The van der Waals surface area contributed by atoms with Gasteiger partial charge >= 0.3 is 0 Å². The first-order valence-electron chi connectivity index (χ1n) is 11.7. The average Bonchev–Trinajstić information content (AvgIpc) is 2.93.